The summed E-state index contributed by atoms with van der Waals surface area (Å²) in [5.74, 6) is -5.65. The van der Waals surface area contributed by atoms with Crippen molar-refractivity contribution in [3.8, 4) is 79.0 Å². The second-order valence-electron chi connectivity index (χ2n) is 22.0. The SMILES string of the molecule is Cc1cc(C)nc(-c2cnn(C)c2C(=O)[O-])c1.Cc1cnc(C)c(-c2cnn(C)c2C(=O)CO)n1.Cn1ncc(-c2cccc(C(F)(F)F)n2)c1C(=O)O.Cn1ncc(-c2nc(C(F)F)cs2)c1C(=O)O.Cn1ncc(-c2ncccc2C#N)c1C(=O)CO.Cn1ncc(-c2ncccc2C#N)c1C(=O)O.[Na+]. The van der Waals surface area contributed by atoms with E-state index in [1.165, 1.54) is 105 Å². The van der Waals surface area contributed by atoms with E-state index in [1.54, 1.807) is 57.8 Å². The van der Waals surface area contributed by atoms with Crippen LogP contribution in [0.2, 0.25) is 0 Å². The standard InChI is InChI=1S/C12H14N4O2.C12H10N4O2.C12H13N3O2.C11H8F3N3O2.C11H8N4O2.C9H7F2N3O2S.Na/c1-7-4-13-8(2)11(15-7)9-5-14-16(3)12(9)10(18)6-17;1-16-12(10(18)7-17)9(6-15-16)11-8(5-13)3-2-4-14-11;1-7-4-8(2)14-10(5-7)9-6-13-15(3)11(9)12(16)17;1-17-9(10(18)19)6(5-15-17)7-3-2-4-8(16-7)11(12,13)14;1-15-10(11(16)17)8(6-14-15)9-7(5-12)3-2-4-13-9;1-14-6(9(15)16)4(2-12-14)8-13-5(3-17-8)7(10)11;/h4-5,17H,6H2,1-3H3;2-4,6,17H,7H2,1H3;4-6H,1-3H3,(H,16,17);2-5H,1H3,(H,18,19);2-4,6H,1H3,(H,16,17);2-3,7H,1H3,(H,15,16);/q;;;;;;+1/p-1. The molecule has 0 aliphatic rings. The normalized spacial score (nSPS) is 10.5. The average molecular weight is 1500 g/mol. The molecule has 33 nitrogen and oxygen atoms in total. The summed E-state index contributed by atoms with van der Waals surface area (Å²) in [7, 11) is 9.21. The second kappa shape index (κ2) is 36.7. The Morgan fingerprint density at radius 1 is 0.514 bits per heavy atom. The second-order valence-corrected chi connectivity index (χ2v) is 22.8. The molecule has 12 aromatic rings. The van der Waals surface area contributed by atoms with Gasteiger partial charge in [-0.05, 0) is 81.8 Å². The van der Waals surface area contributed by atoms with Crippen molar-refractivity contribution in [1.29, 1.82) is 10.5 Å². The van der Waals surface area contributed by atoms with Gasteiger partial charge < -0.3 is 35.4 Å². The maximum atomic E-state index is 12.5. The van der Waals surface area contributed by atoms with Crippen LogP contribution in [-0.4, -0.2) is 168 Å². The van der Waals surface area contributed by atoms with Crippen LogP contribution >= 0.6 is 11.3 Å². The molecule has 40 heteroatoms. The number of carboxylic acid groups (broad SMARTS) is 4. The van der Waals surface area contributed by atoms with Gasteiger partial charge in [-0.15, -0.1) is 11.3 Å². The van der Waals surface area contributed by atoms with Crippen LogP contribution in [0.5, 0.6) is 0 Å². The van der Waals surface area contributed by atoms with Gasteiger partial charge in [0.05, 0.1) is 128 Å². The first kappa shape index (κ1) is 83.3. The number of Topliss-reactive ketones (excluding diaryl/α,β-unsaturated/α-hetero) is 2. The van der Waals surface area contributed by atoms with Crippen LogP contribution in [0, 0.1) is 50.4 Å². The molecule has 0 atom stereocenters. The summed E-state index contributed by atoms with van der Waals surface area (Å²) in [6.45, 7) is 6.30. The van der Waals surface area contributed by atoms with E-state index >= 15 is 0 Å². The van der Waals surface area contributed by atoms with Crippen molar-refractivity contribution in [2.45, 2.75) is 40.3 Å². The number of aliphatic hydroxyl groups excluding tert-OH is 2. The number of halogens is 5. The summed E-state index contributed by atoms with van der Waals surface area (Å²) in [5, 5.41) is 98.8. The van der Waals surface area contributed by atoms with Crippen molar-refractivity contribution in [2.24, 2.45) is 42.3 Å². The number of ketones is 2. The monoisotopic (exact) mass is 1500 g/mol. The van der Waals surface area contributed by atoms with Crippen molar-refractivity contribution >= 4 is 46.8 Å². The van der Waals surface area contributed by atoms with Gasteiger partial charge >= 0.3 is 53.6 Å². The summed E-state index contributed by atoms with van der Waals surface area (Å²) in [6, 6.07) is 17.5. The predicted octanol–water partition coefficient (Wildman–Crippen LogP) is 4.09. The quantitative estimate of drug-likeness (QED) is 0.0548. The van der Waals surface area contributed by atoms with Crippen molar-refractivity contribution in [3.05, 3.63) is 195 Å². The molecule has 546 valence electrons. The van der Waals surface area contributed by atoms with Crippen LogP contribution in [0.25, 0.3) is 66.9 Å². The molecule has 0 aliphatic heterocycles. The fourth-order valence-corrected chi connectivity index (χ4v) is 10.8. The Morgan fingerprint density at radius 3 is 1.36 bits per heavy atom. The van der Waals surface area contributed by atoms with Crippen LogP contribution in [-0.2, 0) is 48.5 Å². The van der Waals surface area contributed by atoms with E-state index in [1.807, 2.05) is 52.0 Å². The number of thiazole rings is 1. The van der Waals surface area contributed by atoms with Crippen molar-refractivity contribution in [3.63, 3.8) is 0 Å². The van der Waals surface area contributed by atoms with Gasteiger partial charge in [0.1, 0.15) is 53.1 Å². The van der Waals surface area contributed by atoms with Gasteiger partial charge in [-0.3, -0.25) is 57.6 Å². The third-order valence-corrected chi connectivity index (χ3v) is 15.5. The third kappa shape index (κ3) is 20.0. The molecule has 0 bridgehead atoms. The molecule has 5 N–H and O–H groups in total. The molecule has 0 unspecified atom stereocenters. The predicted molar refractivity (Wildman–Crippen MR) is 361 cm³/mol. The molecular formula is C67H59F5N21NaO12S. The van der Waals surface area contributed by atoms with Crippen LogP contribution < -0.4 is 34.7 Å². The van der Waals surface area contributed by atoms with Gasteiger partial charge in [0, 0.05) is 77.5 Å². The zero-order valence-corrected chi connectivity index (χ0v) is 61.1. The van der Waals surface area contributed by atoms with Crippen molar-refractivity contribution < 1.29 is 111 Å². The maximum Gasteiger partial charge on any atom is 1.00 e. The van der Waals surface area contributed by atoms with Gasteiger partial charge in [0.15, 0.2) is 17.1 Å². The topological polar surface area (TPSA) is 471 Å². The van der Waals surface area contributed by atoms with Gasteiger partial charge in [0.25, 0.3) is 6.43 Å². The Morgan fingerprint density at radius 2 is 0.935 bits per heavy atom. The van der Waals surface area contributed by atoms with Gasteiger partial charge in [-0.25, -0.2) is 38.1 Å². The minimum Gasteiger partial charge on any atom is -0.543 e. The first-order chi connectivity index (χ1) is 50.2. The fraction of sp³-hybridized carbons (Fsp3) is 0.209. The van der Waals surface area contributed by atoms with Crippen LogP contribution in [0.1, 0.15) is 115 Å². The summed E-state index contributed by atoms with van der Waals surface area (Å²) in [5.41, 5.74) is 7.02. The van der Waals surface area contributed by atoms with E-state index in [2.05, 4.69) is 65.5 Å². The Balaban J connectivity index is 0.000000201. The number of rotatable bonds is 15. The van der Waals surface area contributed by atoms with Gasteiger partial charge in [-0.2, -0.15) is 54.3 Å². The number of nitriles is 2. The largest absolute Gasteiger partial charge is 1.00 e. The van der Waals surface area contributed by atoms with E-state index in [-0.39, 0.29) is 91.3 Å². The number of carbonyl (C=O) groups excluding carboxylic acids is 3. The number of aryl methyl sites for hydroxylation is 10. The molecule has 0 radical (unpaired) electrons. The average Bonchev–Trinajstić information content (AvgIpc) is 1.69. The number of pyridine rings is 4. The molecular weight excluding hydrogens is 1440 g/mol. The molecule has 0 fully saturated rings. The van der Waals surface area contributed by atoms with Crippen LogP contribution in [0.4, 0.5) is 22.0 Å². The molecule has 0 saturated heterocycles. The summed E-state index contributed by atoms with van der Waals surface area (Å²) in [6.07, 6.45) is 5.87. The molecule has 107 heavy (non-hydrogen) atoms. The first-order valence-corrected chi connectivity index (χ1v) is 31.1. The number of alkyl halides is 5. The number of nitrogens with zero attached hydrogens (tertiary/aromatic N) is 21. The number of hydrogen-bond acceptors (Lipinski definition) is 25. The number of aromatic carboxylic acids is 4. The summed E-state index contributed by atoms with van der Waals surface area (Å²) >= 11 is 0.968. The molecule has 0 aliphatic carbocycles. The van der Waals surface area contributed by atoms with Crippen LogP contribution in [0.3, 0.4) is 0 Å². The number of carbonyl (C=O) groups is 6. The fourth-order valence-electron chi connectivity index (χ4n) is 9.94. The summed E-state index contributed by atoms with van der Waals surface area (Å²) < 4.78 is 69.9. The van der Waals surface area contributed by atoms with E-state index in [9.17, 15) is 55.8 Å². The Labute approximate surface area is 628 Å². The van der Waals surface area contributed by atoms with E-state index in [0.29, 0.717) is 61.9 Å². The molecule has 12 aromatic heterocycles. The minimum atomic E-state index is -4.58. The molecule has 12 heterocycles. The molecule has 0 amide bonds. The number of aliphatic hydroxyl groups is 2. The molecule has 0 spiro atoms. The van der Waals surface area contributed by atoms with Crippen molar-refractivity contribution in [1.82, 2.24) is 93.6 Å². The zero-order chi connectivity index (χ0) is 78.2. The third-order valence-electron chi connectivity index (χ3n) is 14.6. The number of carboxylic acids is 4. The Hall–Kier alpha value is -12.7. The minimum absolute atomic E-state index is 0. The molecule has 0 saturated carbocycles. The number of aromatic nitrogens is 19. The van der Waals surface area contributed by atoms with Crippen LogP contribution in [0.15, 0.2) is 116 Å². The van der Waals surface area contributed by atoms with Gasteiger partial charge in [-0.1, -0.05) is 6.07 Å². The number of hydrogen-bond donors (Lipinski definition) is 5. The maximum absolute atomic E-state index is 12.5. The zero-order valence-electron chi connectivity index (χ0n) is 58.2. The smallest absolute Gasteiger partial charge is 0.543 e. The Bertz CT molecular complexity index is 5340. The van der Waals surface area contributed by atoms with Crippen molar-refractivity contribution in [2.75, 3.05) is 13.2 Å². The van der Waals surface area contributed by atoms with E-state index in [4.69, 9.17) is 36.1 Å². The van der Waals surface area contributed by atoms with Gasteiger partial charge in [0.2, 0.25) is 11.6 Å². The van der Waals surface area contributed by atoms with E-state index < -0.39 is 61.2 Å². The Kier molecular flexibility index (Phi) is 28.5. The van der Waals surface area contributed by atoms with E-state index in [0.717, 1.165) is 44.7 Å². The summed E-state index contributed by atoms with van der Waals surface area (Å²) in [4.78, 5) is 95.8. The molecule has 12 rings (SSSR count). The molecule has 0 aromatic carbocycles. The first-order valence-electron chi connectivity index (χ1n) is 30.2.